The van der Waals surface area contributed by atoms with Crippen LogP contribution in [0.5, 0.6) is 0 Å². The molecule has 0 saturated carbocycles. The Labute approximate surface area is 98.4 Å². The number of rotatable bonds is 7. The summed E-state index contributed by atoms with van der Waals surface area (Å²) in [6.45, 7) is 7.47. The maximum Gasteiger partial charge on any atom is 0.105 e. The zero-order chi connectivity index (χ0) is 12.0. The quantitative estimate of drug-likeness (QED) is 0.746. The molecule has 0 bridgehead atoms. The van der Waals surface area contributed by atoms with Crippen LogP contribution in [0.3, 0.4) is 0 Å². The van der Waals surface area contributed by atoms with Gasteiger partial charge in [-0.05, 0) is 37.9 Å². The van der Waals surface area contributed by atoms with Crippen LogP contribution in [0.25, 0.3) is 0 Å². The summed E-state index contributed by atoms with van der Waals surface area (Å²) >= 11 is 0. The van der Waals surface area contributed by atoms with Crippen molar-refractivity contribution in [1.82, 2.24) is 5.32 Å². The van der Waals surface area contributed by atoms with E-state index >= 15 is 0 Å². The van der Waals surface area contributed by atoms with Gasteiger partial charge in [-0.15, -0.1) is 0 Å². The number of hydrogen-bond acceptors (Lipinski definition) is 3. The normalized spacial score (nSPS) is 15.3. The average Bonchev–Trinajstić information content (AvgIpc) is 2.70. The molecule has 92 valence electrons. The van der Waals surface area contributed by atoms with Gasteiger partial charge in [-0.1, -0.05) is 13.8 Å². The molecule has 3 heteroatoms. The van der Waals surface area contributed by atoms with Crippen LogP contribution in [0.1, 0.15) is 33.0 Å². The minimum Gasteiger partial charge on any atom is -0.469 e. The number of furan rings is 1. The largest absolute Gasteiger partial charge is 0.469 e. The van der Waals surface area contributed by atoms with E-state index in [0.717, 1.165) is 25.1 Å². The molecule has 0 amide bonds. The first-order valence-corrected chi connectivity index (χ1v) is 6.11. The molecule has 3 nitrogen and oxygen atoms in total. The van der Waals surface area contributed by atoms with Crippen molar-refractivity contribution in [1.29, 1.82) is 0 Å². The average molecular weight is 224 g/mol. The van der Waals surface area contributed by atoms with Gasteiger partial charge in [-0.3, -0.25) is 0 Å². The van der Waals surface area contributed by atoms with Crippen molar-refractivity contribution in [3.63, 3.8) is 0 Å². The highest BCUT2D eigenvalue weighted by atomic mass is 16.3. The molecule has 1 aromatic rings. The molecule has 3 N–H and O–H groups in total. The third kappa shape index (κ3) is 4.81. The molecule has 1 rings (SSSR count). The molecule has 0 aliphatic heterocycles. The van der Waals surface area contributed by atoms with Crippen LogP contribution < -0.4 is 11.1 Å². The van der Waals surface area contributed by atoms with Gasteiger partial charge in [0.15, 0.2) is 0 Å². The van der Waals surface area contributed by atoms with E-state index in [-0.39, 0.29) is 0 Å². The lowest BCUT2D eigenvalue weighted by Gasteiger charge is -2.18. The Morgan fingerprint density at radius 1 is 1.38 bits per heavy atom. The second-order valence-electron chi connectivity index (χ2n) is 4.84. The van der Waals surface area contributed by atoms with Crippen LogP contribution in [-0.2, 0) is 6.42 Å². The first-order valence-electron chi connectivity index (χ1n) is 6.11. The molecule has 0 aliphatic rings. The molecule has 2 unspecified atom stereocenters. The van der Waals surface area contributed by atoms with E-state index in [1.807, 2.05) is 12.1 Å². The van der Waals surface area contributed by atoms with Gasteiger partial charge < -0.3 is 15.5 Å². The van der Waals surface area contributed by atoms with Crippen molar-refractivity contribution in [3.05, 3.63) is 24.2 Å². The topological polar surface area (TPSA) is 51.2 Å². The highest BCUT2D eigenvalue weighted by Crippen LogP contribution is 2.05. The Morgan fingerprint density at radius 3 is 2.69 bits per heavy atom. The lowest BCUT2D eigenvalue weighted by molar-refractivity contribution is 0.417. The van der Waals surface area contributed by atoms with Gasteiger partial charge in [0.2, 0.25) is 0 Å². The van der Waals surface area contributed by atoms with Crippen molar-refractivity contribution in [3.8, 4) is 0 Å². The molecule has 1 heterocycles. The minimum atomic E-state index is 0.295. The molecule has 1 aromatic heterocycles. The number of nitrogens with one attached hydrogen (secondary N) is 1. The first kappa shape index (κ1) is 13.3. The summed E-state index contributed by atoms with van der Waals surface area (Å²) in [5.74, 6) is 1.59. The molecular formula is C13H24N2O. The predicted octanol–water partition coefficient (Wildman–Crippen LogP) is 2.17. The van der Waals surface area contributed by atoms with Gasteiger partial charge in [-0.25, -0.2) is 0 Å². The van der Waals surface area contributed by atoms with Crippen LogP contribution in [-0.4, -0.2) is 18.6 Å². The number of hydrogen-bond donors (Lipinski definition) is 2. The van der Waals surface area contributed by atoms with Crippen molar-refractivity contribution in [2.45, 2.75) is 45.7 Å². The van der Waals surface area contributed by atoms with Gasteiger partial charge in [0.05, 0.1) is 6.26 Å². The third-order valence-corrected chi connectivity index (χ3v) is 2.91. The number of nitrogens with two attached hydrogens (primary N) is 1. The second kappa shape index (κ2) is 6.71. The Bertz CT molecular complexity index is 269. The predicted molar refractivity (Wildman–Crippen MR) is 67.3 cm³/mol. The summed E-state index contributed by atoms with van der Waals surface area (Å²) in [4.78, 5) is 0. The van der Waals surface area contributed by atoms with Crippen molar-refractivity contribution in [2.75, 3.05) is 6.54 Å². The van der Waals surface area contributed by atoms with Gasteiger partial charge >= 0.3 is 0 Å². The molecule has 0 spiro atoms. The lowest BCUT2D eigenvalue weighted by atomic mass is 10.0. The van der Waals surface area contributed by atoms with E-state index in [9.17, 15) is 0 Å². The smallest absolute Gasteiger partial charge is 0.105 e. The van der Waals surface area contributed by atoms with Crippen LogP contribution >= 0.6 is 0 Å². The monoisotopic (exact) mass is 224 g/mol. The summed E-state index contributed by atoms with van der Waals surface area (Å²) in [6, 6.07) is 4.67. The molecular weight excluding hydrogens is 200 g/mol. The first-order chi connectivity index (χ1) is 7.59. The Morgan fingerprint density at radius 2 is 2.12 bits per heavy atom. The van der Waals surface area contributed by atoms with Crippen LogP contribution in [0, 0.1) is 5.92 Å². The standard InChI is InChI=1S/C13H24N2O/c1-10(2)13(14)6-7-15-11(3)9-12-5-4-8-16-12/h4-5,8,10-11,13,15H,6-7,9,14H2,1-3H3. The summed E-state index contributed by atoms with van der Waals surface area (Å²) in [7, 11) is 0. The van der Waals surface area contributed by atoms with Gasteiger partial charge in [0.25, 0.3) is 0 Å². The lowest BCUT2D eigenvalue weighted by Crippen LogP contribution is -2.35. The molecule has 0 fully saturated rings. The summed E-state index contributed by atoms with van der Waals surface area (Å²) in [5.41, 5.74) is 5.98. The molecule has 0 radical (unpaired) electrons. The summed E-state index contributed by atoms with van der Waals surface area (Å²) < 4.78 is 5.31. The third-order valence-electron chi connectivity index (χ3n) is 2.91. The molecule has 16 heavy (non-hydrogen) atoms. The fourth-order valence-electron chi connectivity index (χ4n) is 1.63. The van der Waals surface area contributed by atoms with E-state index in [1.165, 1.54) is 0 Å². The SMILES string of the molecule is CC(Cc1ccco1)NCCC(N)C(C)C. The fraction of sp³-hybridized carbons (Fsp3) is 0.692. The van der Waals surface area contributed by atoms with E-state index in [1.54, 1.807) is 6.26 Å². The highest BCUT2D eigenvalue weighted by Gasteiger charge is 2.09. The molecule has 0 aliphatic carbocycles. The van der Waals surface area contributed by atoms with E-state index in [0.29, 0.717) is 18.0 Å². The van der Waals surface area contributed by atoms with Gasteiger partial charge in [-0.2, -0.15) is 0 Å². The van der Waals surface area contributed by atoms with E-state index in [2.05, 4.69) is 26.1 Å². The summed E-state index contributed by atoms with van der Waals surface area (Å²) in [5, 5.41) is 3.47. The zero-order valence-electron chi connectivity index (χ0n) is 10.6. The highest BCUT2D eigenvalue weighted by molar-refractivity contribution is 4.99. The Balaban J connectivity index is 2.13. The van der Waals surface area contributed by atoms with Gasteiger partial charge in [0.1, 0.15) is 5.76 Å². The van der Waals surface area contributed by atoms with E-state index < -0.39 is 0 Å². The minimum absolute atomic E-state index is 0.295. The van der Waals surface area contributed by atoms with Crippen LogP contribution in [0.4, 0.5) is 0 Å². The van der Waals surface area contributed by atoms with Crippen LogP contribution in [0.15, 0.2) is 22.8 Å². The maximum atomic E-state index is 5.98. The van der Waals surface area contributed by atoms with Crippen molar-refractivity contribution >= 4 is 0 Å². The maximum absolute atomic E-state index is 5.98. The zero-order valence-corrected chi connectivity index (χ0v) is 10.6. The molecule has 2 atom stereocenters. The van der Waals surface area contributed by atoms with Crippen LogP contribution in [0.2, 0.25) is 0 Å². The van der Waals surface area contributed by atoms with Crippen molar-refractivity contribution in [2.24, 2.45) is 11.7 Å². The Kier molecular flexibility index (Phi) is 5.56. The van der Waals surface area contributed by atoms with Gasteiger partial charge in [0, 0.05) is 18.5 Å². The fourth-order valence-corrected chi connectivity index (χ4v) is 1.63. The molecule has 0 saturated heterocycles. The molecule has 0 aromatic carbocycles. The second-order valence-corrected chi connectivity index (χ2v) is 4.84. The summed E-state index contributed by atoms with van der Waals surface area (Å²) in [6.07, 6.45) is 3.68. The van der Waals surface area contributed by atoms with E-state index in [4.69, 9.17) is 10.2 Å². The van der Waals surface area contributed by atoms with Crippen molar-refractivity contribution < 1.29 is 4.42 Å². The Hall–Kier alpha value is -0.800.